The molecule has 0 fully saturated rings. The summed E-state index contributed by atoms with van der Waals surface area (Å²) in [5, 5.41) is 3.54. The van der Waals surface area contributed by atoms with Crippen molar-refractivity contribution in [3.05, 3.63) is 64.8 Å². The molecule has 7 heteroatoms. The molecule has 2 aromatic carbocycles. The predicted octanol–water partition coefficient (Wildman–Crippen LogP) is 3.60. The number of amides is 1. The van der Waals surface area contributed by atoms with Crippen LogP contribution in [0.1, 0.15) is 40.0 Å². The Balaban J connectivity index is 1.43. The largest absolute Gasteiger partial charge is 0.493 e. The van der Waals surface area contributed by atoms with Gasteiger partial charge in [-0.15, -0.1) is 0 Å². The number of carbonyl (C=O) groups excluding carboxylic acids is 2. The second kappa shape index (κ2) is 9.68. The number of pyridine rings is 1. The highest BCUT2D eigenvalue weighted by molar-refractivity contribution is 6.05. The zero-order chi connectivity index (χ0) is 22.5. The number of para-hydroxylation sites is 1. The zero-order valence-corrected chi connectivity index (χ0v) is 18.3. The highest BCUT2D eigenvalue weighted by atomic mass is 16.5. The molecule has 0 atom stereocenters. The summed E-state index contributed by atoms with van der Waals surface area (Å²) in [4.78, 5) is 30.1. The number of fused-ring (bicyclic) bond motifs is 2. The lowest BCUT2D eigenvalue weighted by atomic mass is 9.90. The molecule has 1 aliphatic carbocycles. The highest BCUT2D eigenvalue weighted by Crippen LogP contribution is 2.30. The van der Waals surface area contributed by atoms with Crippen LogP contribution in [0.3, 0.4) is 0 Å². The molecule has 0 aliphatic heterocycles. The fourth-order valence-corrected chi connectivity index (χ4v) is 4.05. The maximum absolute atomic E-state index is 13.0. The molecule has 1 amide bonds. The van der Waals surface area contributed by atoms with Gasteiger partial charge in [0.2, 0.25) is 0 Å². The van der Waals surface area contributed by atoms with Crippen molar-refractivity contribution < 1.29 is 23.8 Å². The van der Waals surface area contributed by atoms with Crippen LogP contribution in [-0.2, 0) is 28.9 Å². The Hall–Kier alpha value is -3.61. The third-order valence-corrected chi connectivity index (χ3v) is 5.65. The fraction of sp³-hybridized carbons (Fsp3) is 0.320. The summed E-state index contributed by atoms with van der Waals surface area (Å²) in [6.07, 6.45) is 3.72. The lowest BCUT2D eigenvalue weighted by molar-refractivity contribution is -0.124. The number of methoxy groups -OCH3 is 2. The van der Waals surface area contributed by atoms with E-state index in [0.29, 0.717) is 17.1 Å². The van der Waals surface area contributed by atoms with Gasteiger partial charge in [-0.3, -0.25) is 9.78 Å². The molecule has 3 aromatic rings. The first kappa shape index (κ1) is 21.6. The van der Waals surface area contributed by atoms with E-state index in [-0.39, 0.29) is 19.1 Å². The lowest BCUT2D eigenvalue weighted by Crippen LogP contribution is -2.28. The van der Waals surface area contributed by atoms with Crippen molar-refractivity contribution in [3.8, 4) is 11.5 Å². The van der Waals surface area contributed by atoms with Crippen LogP contribution < -0.4 is 14.8 Å². The Bertz CT molecular complexity index is 1160. The normalized spacial score (nSPS) is 12.7. The molecule has 166 valence electrons. The molecule has 0 spiro atoms. The van der Waals surface area contributed by atoms with Gasteiger partial charge in [0.05, 0.1) is 25.3 Å². The van der Waals surface area contributed by atoms with Gasteiger partial charge >= 0.3 is 5.97 Å². The zero-order valence-electron chi connectivity index (χ0n) is 18.3. The van der Waals surface area contributed by atoms with Crippen LogP contribution in [-0.4, -0.2) is 37.7 Å². The van der Waals surface area contributed by atoms with Crippen LogP contribution in [0.15, 0.2) is 42.5 Å². The molecule has 0 saturated carbocycles. The summed E-state index contributed by atoms with van der Waals surface area (Å²) >= 11 is 0. The highest BCUT2D eigenvalue weighted by Gasteiger charge is 2.24. The third-order valence-electron chi connectivity index (χ3n) is 5.65. The van der Waals surface area contributed by atoms with E-state index in [1.165, 1.54) is 0 Å². The van der Waals surface area contributed by atoms with Gasteiger partial charge in [0.15, 0.2) is 18.1 Å². The quantitative estimate of drug-likeness (QED) is 0.572. The maximum atomic E-state index is 13.0. The molecule has 1 aromatic heterocycles. The Morgan fingerprint density at radius 2 is 1.78 bits per heavy atom. The van der Waals surface area contributed by atoms with E-state index in [1.54, 1.807) is 26.4 Å². The van der Waals surface area contributed by atoms with Gasteiger partial charge < -0.3 is 19.5 Å². The van der Waals surface area contributed by atoms with Crippen molar-refractivity contribution in [2.75, 3.05) is 20.8 Å². The number of hydrogen-bond acceptors (Lipinski definition) is 6. The summed E-state index contributed by atoms with van der Waals surface area (Å²) < 4.78 is 15.9. The summed E-state index contributed by atoms with van der Waals surface area (Å²) in [5.41, 5.74) is 4.07. The van der Waals surface area contributed by atoms with Crippen molar-refractivity contribution in [2.45, 2.75) is 32.2 Å². The fourth-order valence-electron chi connectivity index (χ4n) is 4.05. The van der Waals surface area contributed by atoms with E-state index in [4.69, 9.17) is 19.2 Å². The molecule has 0 unspecified atom stereocenters. The third kappa shape index (κ3) is 4.51. The molecule has 1 aliphatic rings. The van der Waals surface area contributed by atoms with E-state index < -0.39 is 5.97 Å². The summed E-state index contributed by atoms with van der Waals surface area (Å²) in [6, 6.07) is 13.0. The van der Waals surface area contributed by atoms with E-state index in [1.807, 2.05) is 30.3 Å². The maximum Gasteiger partial charge on any atom is 0.339 e. The number of benzene rings is 2. The second-order valence-electron chi connectivity index (χ2n) is 7.68. The molecule has 32 heavy (non-hydrogen) atoms. The lowest BCUT2D eigenvalue weighted by Gasteiger charge is -2.20. The Morgan fingerprint density at radius 1 is 1.00 bits per heavy atom. The van der Waals surface area contributed by atoms with Crippen LogP contribution >= 0.6 is 0 Å². The minimum absolute atomic E-state index is 0.282. The van der Waals surface area contributed by atoms with E-state index in [0.717, 1.165) is 53.4 Å². The number of aryl methyl sites for hydroxylation is 1. The number of rotatable bonds is 7. The number of nitrogens with one attached hydrogen (secondary N) is 1. The van der Waals surface area contributed by atoms with Gasteiger partial charge in [0, 0.05) is 17.6 Å². The molecule has 4 rings (SSSR count). The van der Waals surface area contributed by atoms with Gasteiger partial charge in [0.1, 0.15) is 0 Å². The van der Waals surface area contributed by atoms with E-state index in [9.17, 15) is 9.59 Å². The Labute approximate surface area is 186 Å². The van der Waals surface area contributed by atoms with Crippen LogP contribution in [0.5, 0.6) is 11.5 Å². The predicted molar refractivity (Wildman–Crippen MR) is 120 cm³/mol. The monoisotopic (exact) mass is 434 g/mol. The average Bonchev–Trinajstić information content (AvgIpc) is 2.84. The van der Waals surface area contributed by atoms with Gasteiger partial charge in [-0.25, -0.2) is 4.79 Å². The van der Waals surface area contributed by atoms with Crippen molar-refractivity contribution in [1.29, 1.82) is 0 Å². The molecule has 0 radical (unpaired) electrons. The minimum atomic E-state index is -0.483. The van der Waals surface area contributed by atoms with Crippen LogP contribution in [0.2, 0.25) is 0 Å². The van der Waals surface area contributed by atoms with Gasteiger partial charge in [-0.1, -0.05) is 24.3 Å². The van der Waals surface area contributed by atoms with Crippen LogP contribution in [0.4, 0.5) is 0 Å². The molecule has 1 heterocycles. The van der Waals surface area contributed by atoms with Crippen molar-refractivity contribution in [2.24, 2.45) is 0 Å². The number of esters is 1. The van der Waals surface area contributed by atoms with Crippen LogP contribution in [0.25, 0.3) is 10.9 Å². The first-order valence-corrected chi connectivity index (χ1v) is 10.7. The number of hydrogen-bond donors (Lipinski definition) is 1. The SMILES string of the molecule is COc1ccc(CNC(=O)COC(=O)c2c3c(nc4ccccc24)CCCC3)cc1OC. The average molecular weight is 434 g/mol. The minimum Gasteiger partial charge on any atom is -0.493 e. The molecule has 1 N–H and O–H groups in total. The first-order chi connectivity index (χ1) is 15.6. The summed E-state index contributed by atoms with van der Waals surface area (Å²) in [7, 11) is 3.12. The number of carbonyl (C=O) groups is 2. The van der Waals surface area contributed by atoms with Gasteiger partial charge in [-0.2, -0.15) is 0 Å². The number of aromatic nitrogens is 1. The van der Waals surface area contributed by atoms with Crippen molar-refractivity contribution in [1.82, 2.24) is 10.3 Å². The van der Waals surface area contributed by atoms with Crippen molar-refractivity contribution in [3.63, 3.8) is 0 Å². The van der Waals surface area contributed by atoms with Gasteiger partial charge in [0.25, 0.3) is 5.91 Å². The molecular weight excluding hydrogens is 408 g/mol. The standard InChI is InChI=1S/C25H26N2O5/c1-30-21-12-11-16(13-22(21)31-2)14-26-23(28)15-32-25(29)24-17-7-3-5-9-19(17)27-20-10-6-4-8-18(20)24/h3,5,7,9,11-13H,4,6,8,10,14-15H2,1-2H3,(H,26,28). The topological polar surface area (TPSA) is 86.8 Å². The van der Waals surface area contributed by atoms with E-state index >= 15 is 0 Å². The second-order valence-corrected chi connectivity index (χ2v) is 7.68. The van der Waals surface area contributed by atoms with E-state index in [2.05, 4.69) is 5.32 Å². The summed E-state index contributed by atoms with van der Waals surface area (Å²) in [6.45, 7) is -0.0676. The first-order valence-electron chi connectivity index (χ1n) is 10.7. The Kier molecular flexibility index (Phi) is 6.54. The van der Waals surface area contributed by atoms with Gasteiger partial charge in [-0.05, 0) is 55.0 Å². The number of nitrogens with zero attached hydrogens (tertiary/aromatic N) is 1. The Morgan fingerprint density at radius 3 is 2.59 bits per heavy atom. The summed E-state index contributed by atoms with van der Waals surface area (Å²) in [5.74, 6) is 0.341. The number of ether oxygens (including phenoxy) is 3. The molecule has 0 saturated heterocycles. The molecule has 7 nitrogen and oxygen atoms in total. The van der Waals surface area contributed by atoms with Crippen molar-refractivity contribution >= 4 is 22.8 Å². The molecule has 0 bridgehead atoms. The smallest absolute Gasteiger partial charge is 0.339 e. The van der Waals surface area contributed by atoms with Crippen LogP contribution in [0, 0.1) is 0 Å². The molecular formula is C25H26N2O5.